The minimum Gasteiger partial charge on any atom is -0.870 e. The third kappa shape index (κ3) is 30.8. The molecule has 5 heteroatoms. The van der Waals surface area contributed by atoms with E-state index in [1.54, 1.807) is 0 Å². The average Bonchev–Trinajstić information content (AvgIpc) is 2.43. The molecular weight excluding hydrogens is 362 g/mol. The summed E-state index contributed by atoms with van der Waals surface area (Å²) in [6, 6.07) is 0. The molecule has 0 atom stereocenters. The molecule has 1 N–H and O–H groups in total. The number of hydrogen-bond donors (Lipinski definition) is 0. The molecule has 0 aliphatic carbocycles. The number of hydrogen-bond acceptors (Lipinski definition) is 3. The van der Waals surface area contributed by atoms with Gasteiger partial charge in [0.15, 0.2) is 0 Å². The molecule has 0 saturated carbocycles. The first kappa shape index (κ1) is 31.2. The van der Waals surface area contributed by atoms with Crippen LogP contribution in [0, 0.1) is 0 Å². The van der Waals surface area contributed by atoms with Crippen molar-refractivity contribution in [1.82, 2.24) is 0 Å². The van der Waals surface area contributed by atoms with Crippen LogP contribution in [-0.2, 0) is 24.3 Å². The molecule has 0 spiro atoms. The maximum absolute atomic E-state index is 10.2. The van der Waals surface area contributed by atoms with E-state index in [1.807, 2.05) is 0 Å². The summed E-state index contributed by atoms with van der Waals surface area (Å²) in [5.74, 6) is -0.903. The zero-order valence-electron chi connectivity index (χ0n) is 15.3. The van der Waals surface area contributed by atoms with Gasteiger partial charge in [-0.05, 0) is 12.8 Å². The van der Waals surface area contributed by atoms with Gasteiger partial charge in [-0.1, -0.05) is 96.8 Å². The van der Waals surface area contributed by atoms with Crippen LogP contribution in [-0.4, -0.2) is 11.4 Å². The van der Waals surface area contributed by atoms with Gasteiger partial charge >= 0.3 is 19.5 Å². The molecule has 0 rings (SSSR count). The van der Waals surface area contributed by atoms with E-state index in [-0.39, 0.29) is 44.9 Å². The Hall–Kier alpha value is 0.403. The molecule has 0 aromatic rings. The van der Waals surface area contributed by atoms with Gasteiger partial charge in [0.05, 0.1) is 0 Å². The van der Waals surface area contributed by atoms with Gasteiger partial charge in [-0.15, -0.1) is 0 Å². The summed E-state index contributed by atoms with van der Waals surface area (Å²) in [5.41, 5.74) is 0. The van der Waals surface area contributed by atoms with Gasteiger partial charge in [-0.3, -0.25) is 0 Å². The SMILES string of the molecule is CCCCCCCCCCCCCCCCCC(=O)[O-].S.[OH-].[Zn+2]. The van der Waals surface area contributed by atoms with Crippen LogP contribution in [0.15, 0.2) is 0 Å². The first-order chi connectivity index (χ1) is 9.77. The largest absolute Gasteiger partial charge is 2.00 e. The third-order valence-corrected chi connectivity index (χ3v) is 3.98. The summed E-state index contributed by atoms with van der Waals surface area (Å²) in [4.78, 5) is 10.2. The van der Waals surface area contributed by atoms with Crippen molar-refractivity contribution in [2.24, 2.45) is 0 Å². The average molecular weight is 400 g/mol. The summed E-state index contributed by atoms with van der Waals surface area (Å²) >= 11 is 0. The van der Waals surface area contributed by atoms with E-state index < -0.39 is 5.97 Å². The molecule has 23 heavy (non-hydrogen) atoms. The minimum atomic E-state index is -0.903. The predicted octanol–water partition coefficient (Wildman–Crippen LogP) is 4.93. The van der Waals surface area contributed by atoms with E-state index in [1.165, 1.54) is 83.5 Å². The number of carbonyl (C=O) groups excluding carboxylic acids is 1. The molecule has 136 valence electrons. The van der Waals surface area contributed by atoms with Gasteiger partial charge in [0.2, 0.25) is 0 Å². The molecule has 0 saturated heterocycles. The van der Waals surface area contributed by atoms with Crippen LogP contribution >= 0.6 is 13.5 Å². The van der Waals surface area contributed by atoms with Gasteiger partial charge in [0.1, 0.15) is 0 Å². The molecule has 0 heterocycles. The fourth-order valence-electron chi connectivity index (χ4n) is 2.64. The normalized spacial score (nSPS) is 9.43. The Kier molecular flexibility index (Phi) is 37.0. The molecule has 0 aromatic heterocycles. The topological polar surface area (TPSA) is 70.1 Å². The number of unbranched alkanes of at least 4 members (excludes halogenated alkanes) is 14. The van der Waals surface area contributed by atoms with Crippen molar-refractivity contribution < 1.29 is 34.9 Å². The van der Waals surface area contributed by atoms with Gasteiger partial charge in [0, 0.05) is 5.97 Å². The van der Waals surface area contributed by atoms with Crippen LogP contribution in [0.1, 0.15) is 110 Å². The van der Waals surface area contributed by atoms with Gasteiger partial charge in [-0.25, -0.2) is 0 Å². The van der Waals surface area contributed by atoms with Gasteiger partial charge in [-0.2, -0.15) is 13.5 Å². The molecule has 0 radical (unpaired) electrons. The Balaban J connectivity index is -0.000000602. The molecule has 0 unspecified atom stereocenters. The van der Waals surface area contributed by atoms with Crippen LogP contribution < -0.4 is 5.11 Å². The zero-order valence-corrected chi connectivity index (χ0v) is 19.3. The van der Waals surface area contributed by atoms with Crippen molar-refractivity contribution >= 4 is 19.5 Å². The Morgan fingerprint density at radius 1 is 0.652 bits per heavy atom. The monoisotopic (exact) mass is 398 g/mol. The summed E-state index contributed by atoms with van der Waals surface area (Å²) in [7, 11) is 0. The van der Waals surface area contributed by atoms with E-state index in [2.05, 4.69) is 6.92 Å². The number of carbonyl (C=O) groups is 1. The van der Waals surface area contributed by atoms with E-state index in [0.29, 0.717) is 0 Å². The third-order valence-electron chi connectivity index (χ3n) is 3.98. The zero-order chi connectivity index (χ0) is 14.9. The van der Waals surface area contributed by atoms with Crippen LogP contribution in [0.4, 0.5) is 0 Å². The van der Waals surface area contributed by atoms with E-state index >= 15 is 0 Å². The second kappa shape index (κ2) is 27.3. The maximum atomic E-state index is 10.2. The molecule has 3 nitrogen and oxygen atoms in total. The minimum absolute atomic E-state index is 0. The molecule has 0 aliphatic heterocycles. The van der Waals surface area contributed by atoms with Gasteiger partial charge in [0.25, 0.3) is 0 Å². The predicted molar refractivity (Wildman–Crippen MR) is 96.9 cm³/mol. The summed E-state index contributed by atoms with van der Waals surface area (Å²) in [6.45, 7) is 2.27. The second-order valence-corrected chi connectivity index (χ2v) is 6.07. The van der Waals surface area contributed by atoms with E-state index in [9.17, 15) is 9.90 Å². The first-order valence-electron chi connectivity index (χ1n) is 8.97. The van der Waals surface area contributed by atoms with Crippen molar-refractivity contribution in [1.29, 1.82) is 0 Å². The number of carboxylic acid groups (broad SMARTS) is 1. The number of carboxylic acids is 1. The Morgan fingerprint density at radius 3 is 1.17 bits per heavy atom. The number of rotatable bonds is 16. The summed E-state index contributed by atoms with van der Waals surface area (Å²) < 4.78 is 0. The second-order valence-electron chi connectivity index (χ2n) is 6.07. The standard InChI is InChI=1S/C18H36O2.H2O.H2S.Zn/c1-2-3-4-5-6-7-8-9-10-11-12-13-14-15-16-17-18(19)20;;;/h2-17H2,1H3,(H,19,20);2*1H2;/q;;;+2/p-2. The van der Waals surface area contributed by atoms with Crippen LogP contribution in [0.5, 0.6) is 0 Å². The van der Waals surface area contributed by atoms with Crippen LogP contribution in [0.2, 0.25) is 0 Å². The van der Waals surface area contributed by atoms with E-state index in [0.717, 1.165) is 12.8 Å². The van der Waals surface area contributed by atoms with Crippen molar-refractivity contribution in [2.75, 3.05) is 0 Å². The molecule has 0 aliphatic rings. The Bertz CT molecular complexity index is 216. The Labute approximate surface area is 163 Å². The van der Waals surface area contributed by atoms with Gasteiger partial charge < -0.3 is 15.4 Å². The first-order valence-corrected chi connectivity index (χ1v) is 8.97. The van der Waals surface area contributed by atoms with Crippen molar-refractivity contribution in [3.8, 4) is 0 Å². The quantitative estimate of drug-likeness (QED) is 0.273. The van der Waals surface area contributed by atoms with E-state index in [4.69, 9.17) is 0 Å². The summed E-state index contributed by atoms with van der Waals surface area (Å²) in [5, 5.41) is 10.2. The maximum Gasteiger partial charge on any atom is 2.00 e. The fraction of sp³-hybridized carbons (Fsp3) is 0.944. The van der Waals surface area contributed by atoms with Crippen molar-refractivity contribution in [2.45, 2.75) is 110 Å². The smallest absolute Gasteiger partial charge is 0.870 e. The van der Waals surface area contributed by atoms with Crippen molar-refractivity contribution in [3.63, 3.8) is 0 Å². The fourth-order valence-corrected chi connectivity index (χ4v) is 2.64. The Morgan fingerprint density at radius 2 is 0.913 bits per heavy atom. The molecule has 0 fully saturated rings. The molecule has 0 amide bonds. The molecule has 0 bridgehead atoms. The van der Waals surface area contributed by atoms with Crippen LogP contribution in [0.3, 0.4) is 0 Å². The van der Waals surface area contributed by atoms with Crippen molar-refractivity contribution in [3.05, 3.63) is 0 Å². The molecular formula is C18H38O3SZn. The van der Waals surface area contributed by atoms with Crippen LogP contribution in [0.25, 0.3) is 0 Å². The summed E-state index contributed by atoms with van der Waals surface area (Å²) in [6.07, 6.45) is 19.9. The molecule has 0 aromatic carbocycles. The number of aliphatic carboxylic acids is 1.